The maximum atomic E-state index is 11.2. The predicted molar refractivity (Wildman–Crippen MR) is 49.4 cm³/mol. The zero-order valence-corrected chi connectivity index (χ0v) is 8.37. The van der Waals surface area contributed by atoms with E-state index < -0.39 is 17.8 Å². The van der Waals surface area contributed by atoms with Gasteiger partial charge < -0.3 is 0 Å². The van der Waals surface area contributed by atoms with Crippen LogP contribution in [-0.2, 0) is 9.59 Å². The lowest BCUT2D eigenvalue weighted by Crippen LogP contribution is -2.38. The molecule has 5 heteroatoms. The highest BCUT2D eigenvalue weighted by Crippen LogP contribution is 2.12. The number of unbranched alkanes of at least 4 members (excludes halogenated alkanes) is 1. The van der Waals surface area contributed by atoms with Crippen LogP contribution in [0.5, 0.6) is 0 Å². The van der Waals surface area contributed by atoms with Crippen LogP contribution in [-0.4, -0.2) is 28.8 Å². The second-order valence-electron chi connectivity index (χ2n) is 3.43. The number of nitrogens with zero attached hydrogens (tertiary/aromatic N) is 1. The first-order valence-corrected chi connectivity index (χ1v) is 4.76. The van der Waals surface area contributed by atoms with E-state index in [9.17, 15) is 14.4 Å². The molecule has 0 spiro atoms. The fourth-order valence-electron chi connectivity index (χ4n) is 1.44. The van der Waals surface area contributed by atoms with Crippen molar-refractivity contribution in [1.82, 2.24) is 10.2 Å². The first-order chi connectivity index (χ1) is 6.57. The molecular weight excluding hydrogens is 184 g/mol. The second-order valence-corrected chi connectivity index (χ2v) is 3.43. The van der Waals surface area contributed by atoms with E-state index in [-0.39, 0.29) is 6.04 Å². The van der Waals surface area contributed by atoms with Crippen LogP contribution in [0.4, 0.5) is 4.79 Å². The summed E-state index contributed by atoms with van der Waals surface area (Å²) in [7, 11) is 0. The summed E-state index contributed by atoms with van der Waals surface area (Å²) in [6.07, 6.45) is 2.68. The van der Waals surface area contributed by atoms with Crippen molar-refractivity contribution in [3.05, 3.63) is 0 Å². The number of carbonyl (C=O) groups is 3. The number of rotatable bonds is 4. The third kappa shape index (κ3) is 1.92. The largest absolute Gasteiger partial charge is 0.331 e. The minimum atomic E-state index is -0.821. The molecule has 0 aliphatic carbocycles. The summed E-state index contributed by atoms with van der Waals surface area (Å²) < 4.78 is 0. The molecular formula is C9H14N2O3. The van der Waals surface area contributed by atoms with E-state index in [0.717, 1.165) is 24.2 Å². The Morgan fingerprint density at radius 1 is 1.36 bits per heavy atom. The van der Waals surface area contributed by atoms with Gasteiger partial charge in [0.1, 0.15) is 0 Å². The molecule has 14 heavy (non-hydrogen) atoms. The summed E-state index contributed by atoms with van der Waals surface area (Å²) in [5.74, 6) is -1.56. The van der Waals surface area contributed by atoms with Crippen molar-refractivity contribution < 1.29 is 14.4 Å². The van der Waals surface area contributed by atoms with Gasteiger partial charge in [-0.3, -0.25) is 19.8 Å². The van der Waals surface area contributed by atoms with E-state index in [2.05, 4.69) is 0 Å². The molecule has 0 saturated carbocycles. The Morgan fingerprint density at radius 3 is 2.43 bits per heavy atom. The van der Waals surface area contributed by atoms with E-state index in [4.69, 9.17) is 0 Å². The quantitative estimate of drug-likeness (QED) is 0.532. The van der Waals surface area contributed by atoms with Crippen LogP contribution in [0.3, 0.4) is 0 Å². The zero-order chi connectivity index (χ0) is 10.7. The van der Waals surface area contributed by atoms with Crippen molar-refractivity contribution in [1.29, 1.82) is 0 Å². The molecule has 1 unspecified atom stereocenters. The predicted octanol–water partition coefficient (Wildman–Crippen LogP) is 0.643. The van der Waals surface area contributed by atoms with Crippen molar-refractivity contribution in [2.24, 2.45) is 0 Å². The van der Waals surface area contributed by atoms with E-state index in [0.29, 0.717) is 0 Å². The molecule has 0 aromatic carbocycles. The molecule has 78 valence electrons. The van der Waals surface area contributed by atoms with Crippen molar-refractivity contribution in [3.63, 3.8) is 0 Å². The smallest absolute Gasteiger partial charge is 0.269 e. The van der Waals surface area contributed by atoms with Gasteiger partial charge in [0.25, 0.3) is 0 Å². The Morgan fingerprint density at radius 2 is 2.00 bits per heavy atom. The highest BCUT2D eigenvalue weighted by Gasteiger charge is 2.39. The van der Waals surface area contributed by atoms with E-state index in [1.807, 2.05) is 12.2 Å². The number of amides is 4. The molecule has 0 aromatic rings. The Labute approximate surface area is 82.4 Å². The SMILES string of the molecule is CCCCC(C)N1C(=O)NC(=O)C1=O. The maximum Gasteiger partial charge on any atom is 0.331 e. The first kappa shape index (κ1) is 10.7. The van der Waals surface area contributed by atoms with Crippen molar-refractivity contribution in [3.8, 4) is 0 Å². The summed E-state index contributed by atoms with van der Waals surface area (Å²) in [4.78, 5) is 34.2. The van der Waals surface area contributed by atoms with Gasteiger partial charge in [-0.05, 0) is 13.3 Å². The standard InChI is InChI=1S/C9H14N2O3/c1-3-4-5-6(2)11-8(13)7(12)10-9(11)14/h6H,3-5H2,1-2H3,(H,10,12,14). The van der Waals surface area contributed by atoms with Gasteiger partial charge in [-0.25, -0.2) is 4.79 Å². The Kier molecular flexibility index (Phi) is 3.22. The molecule has 1 aliphatic rings. The molecule has 1 fully saturated rings. The van der Waals surface area contributed by atoms with Gasteiger partial charge in [0.05, 0.1) is 0 Å². The highest BCUT2D eigenvalue weighted by atomic mass is 16.2. The van der Waals surface area contributed by atoms with Crippen LogP contribution in [0, 0.1) is 0 Å². The Hall–Kier alpha value is -1.39. The minimum Gasteiger partial charge on any atom is -0.269 e. The van der Waals surface area contributed by atoms with Crippen LogP contribution >= 0.6 is 0 Å². The van der Waals surface area contributed by atoms with Crippen molar-refractivity contribution in [2.75, 3.05) is 0 Å². The molecule has 1 aliphatic heterocycles. The molecule has 0 bridgehead atoms. The minimum absolute atomic E-state index is 0.200. The van der Waals surface area contributed by atoms with E-state index in [1.165, 1.54) is 0 Å². The van der Waals surface area contributed by atoms with Crippen LogP contribution in [0.1, 0.15) is 33.1 Å². The van der Waals surface area contributed by atoms with Gasteiger partial charge in [-0.1, -0.05) is 19.8 Å². The fourth-order valence-corrected chi connectivity index (χ4v) is 1.44. The number of urea groups is 1. The summed E-state index contributed by atoms with van der Waals surface area (Å²) >= 11 is 0. The van der Waals surface area contributed by atoms with Gasteiger partial charge in [-0.2, -0.15) is 0 Å². The lowest BCUT2D eigenvalue weighted by Gasteiger charge is -2.19. The molecule has 1 saturated heterocycles. The Balaban J connectivity index is 2.62. The second kappa shape index (κ2) is 4.21. The third-order valence-electron chi connectivity index (χ3n) is 2.27. The van der Waals surface area contributed by atoms with Crippen LogP contribution in [0.15, 0.2) is 0 Å². The normalized spacial score (nSPS) is 18.7. The van der Waals surface area contributed by atoms with E-state index >= 15 is 0 Å². The average molecular weight is 198 g/mol. The molecule has 0 aromatic heterocycles. The molecule has 1 N–H and O–H groups in total. The summed E-state index contributed by atoms with van der Waals surface area (Å²) in [5.41, 5.74) is 0. The number of hydrogen-bond donors (Lipinski definition) is 1. The number of imide groups is 2. The van der Waals surface area contributed by atoms with Gasteiger partial charge in [0, 0.05) is 6.04 Å². The molecule has 0 radical (unpaired) electrons. The monoisotopic (exact) mass is 198 g/mol. The molecule has 1 rings (SSSR count). The van der Waals surface area contributed by atoms with Gasteiger partial charge >= 0.3 is 17.8 Å². The summed E-state index contributed by atoms with van der Waals surface area (Å²) in [5, 5.41) is 1.97. The summed E-state index contributed by atoms with van der Waals surface area (Å²) in [6.45, 7) is 3.80. The lowest BCUT2D eigenvalue weighted by atomic mass is 10.1. The van der Waals surface area contributed by atoms with Gasteiger partial charge in [-0.15, -0.1) is 0 Å². The Bertz CT molecular complexity index is 275. The van der Waals surface area contributed by atoms with Gasteiger partial charge in [0.15, 0.2) is 0 Å². The maximum absolute atomic E-state index is 11.2. The third-order valence-corrected chi connectivity index (χ3v) is 2.27. The molecule has 5 nitrogen and oxygen atoms in total. The fraction of sp³-hybridized carbons (Fsp3) is 0.667. The van der Waals surface area contributed by atoms with Gasteiger partial charge in [0.2, 0.25) is 0 Å². The summed E-state index contributed by atoms with van der Waals surface area (Å²) in [6, 6.07) is -0.794. The van der Waals surface area contributed by atoms with Crippen LogP contribution < -0.4 is 5.32 Å². The highest BCUT2D eigenvalue weighted by molar-refractivity contribution is 6.44. The van der Waals surface area contributed by atoms with Crippen molar-refractivity contribution >= 4 is 17.8 Å². The van der Waals surface area contributed by atoms with E-state index in [1.54, 1.807) is 6.92 Å². The zero-order valence-electron chi connectivity index (χ0n) is 8.37. The van der Waals surface area contributed by atoms with Crippen LogP contribution in [0.25, 0.3) is 0 Å². The molecule has 1 atom stereocenters. The number of carbonyl (C=O) groups excluding carboxylic acids is 3. The topological polar surface area (TPSA) is 66.5 Å². The average Bonchev–Trinajstić information content (AvgIpc) is 2.38. The molecule has 4 amide bonds. The van der Waals surface area contributed by atoms with Crippen LogP contribution in [0.2, 0.25) is 0 Å². The first-order valence-electron chi connectivity index (χ1n) is 4.76. The molecule has 1 heterocycles. The lowest BCUT2D eigenvalue weighted by molar-refractivity contribution is -0.141. The number of hydrogen-bond acceptors (Lipinski definition) is 3. The van der Waals surface area contributed by atoms with Crippen molar-refractivity contribution in [2.45, 2.75) is 39.2 Å². The number of nitrogens with one attached hydrogen (secondary N) is 1.